The molecule has 1 aliphatic carbocycles. The second-order valence-electron chi connectivity index (χ2n) is 9.43. The summed E-state index contributed by atoms with van der Waals surface area (Å²) in [5.74, 6) is 1.65. The minimum absolute atomic E-state index is 0.120. The molecule has 0 radical (unpaired) electrons. The van der Waals surface area contributed by atoms with Crippen molar-refractivity contribution in [2.45, 2.75) is 51.4 Å². The largest absolute Gasteiger partial charge is 0.326 e. The van der Waals surface area contributed by atoms with Gasteiger partial charge in [-0.25, -0.2) is 4.79 Å². The molecule has 33 heavy (non-hydrogen) atoms. The number of urea groups is 1. The van der Waals surface area contributed by atoms with Gasteiger partial charge in [0, 0.05) is 22.9 Å². The Labute approximate surface area is 201 Å². The third-order valence-corrected chi connectivity index (χ3v) is 7.67. The first-order valence-corrected chi connectivity index (χ1v) is 12.6. The molecule has 1 aliphatic heterocycles. The highest BCUT2D eigenvalue weighted by molar-refractivity contribution is 6.30. The standard InChI is InChI=1S/C29H31ClN2O/c1-2-20-6-8-21(9-7-20)22-10-12-23(13-11-22)24-14-15-28-25(18-24)16-17-32(28)29(33)31-27-5-3-4-26(30)19-27/h3-5,10-15,18-21H,2,6-9,16-17H2,1H3,(H,31,33). The molecule has 0 spiro atoms. The van der Waals surface area contributed by atoms with Crippen LogP contribution in [0.15, 0.2) is 66.7 Å². The fourth-order valence-electron chi connectivity index (χ4n) is 5.40. The molecule has 3 nitrogen and oxygen atoms in total. The van der Waals surface area contributed by atoms with Crippen molar-refractivity contribution in [1.29, 1.82) is 0 Å². The predicted octanol–water partition coefficient (Wildman–Crippen LogP) is 8.29. The SMILES string of the molecule is CCC1CCC(c2ccc(-c3ccc4c(c3)CCN4C(=O)Nc3cccc(Cl)c3)cc2)CC1. The number of amides is 2. The van der Waals surface area contributed by atoms with E-state index in [4.69, 9.17) is 11.6 Å². The average molecular weight is 459 g/mol. The number of hydrogen-bond acceptors (Lipinski definition) is 1. The molecule has 2 amide bonds. The number of hydrogen-bond donors (Lipinski definition) is 1. The zero-order chi connectivity index (χ0) is 22.8. The van der Waals surface area contributed by atoms with Crippen molar-refractivity contribution >= 4 is 29.0 Å². The summed E-state index contributed by atoms with van der Waals surface area (Å²) in [7, 11) is 0. The molecule has 4 heteroatoms. The summed E-state index contributed by atoms with van der Waals surface area (Å²) in [5, 5.41) is 3.57. The summed E-state index contributed by atoms with van der Waals surface area (Å²) in [4.78, 5) is 14.7. The fraction of sp³-hybridized carbons (Fsp3) is 0.345. The summed E-state index contributed by atoms with van der Waals surface area (Å²) in [5.41, 5.74) is 6.86. The van der Waals surface area contributed by atoms with Crippen LogP contribution in [0.4, 0.5) is 16.2 Å². The molecule has 0 atom stereocenters. The molecule has 5 rings (SSSR count). The highest BCUT2D eigenvalue weighted by atomic mass is 35.5. The van der Waals surface area contributed by atoms with Gasteiger partial charge in [-0.3, -0.25) is 4.90 Å². The summed E-state index contributed by atoms with van der Waals surface area (Å²) in [6, 6.07) is 22.8. The van der Waals surface area contributed by atoms with Crippen LogP contribution >= 0.6 is 11.6 Å². The maximum Gasteiger partial charge on any atom is 0.326 e. The Balaban J connectivity index is 1.28. The number of carbonyl (C=O) groups excluding carboxylic acids is 1. The molecule has 0 unspecified atom stereocenters. The predicted molar refractivity (Wildman–Crippen MR) is 138 cm³/mol. The van der Waals surface area contributed by atoms with E-state index in [9.17, 15) is 4.79 Å². The van der Waals surface area contributed by atoms with Crippen molar-refractivity contribution < 1.29 is 4.79 Å². The van der Waals surface area contributed by atoms with E-state index in [1.807, 2.05) is 17.0 Å². The van der Waals surface area contributed by atoms with Gasteiger partial charge in [0.15, 0.2) is 0 Å². The van der Waals surface area contributed by atoms with Crippen LogP contribution in [0.3, 0.4) is 0 Å². The van der Waals surface area contributed by atoms with Crippen LogP contribution in [0.5, 0.6) is 0 Å². The van der Waals surface area contributed by atoms with Gasteiger partial charge in [0.25, 0.3) is 0 Å². The summed E-state index contributed by atoms with van der Waals surface area (Å²) in [6.45, 7) is 3.01. The lowest BCUT2D eigenvalue weighted by atomic mass is 9.77. The minimum atomic E-state index is -0.120. The van der Waals surface area contributed by atoms with Gasteiger partial charge in [0.1, 0.15) is 0 Å². The molecular weight excluding hydrogens is 428 g/mol. The van der Waals surface area contributed by atoms with Gasteiger partial charge < -0.3 is 5.32 Å². The highest BCUT2D eigenvalue weighted by Gasteiger charge is 2.25. The van der Waals surface area contributed by atoms with Crippen molar-refractivity contribution in [2.75, 3.05) is 16.8 Å². The quantitative estimate of drug-likeness (QED) is 0.419. The highest BCUT2D eigenvalue weighted by Crippen LogP contribution is 2.38. The van der Waals surface area contributed by atoms with Gasteiger partial charge in [-0.2, -0.15) is 0 Å². The van der Waals surface area contributed by atoms with Crippen molar-refractivity contribution in [3.8, 4) is 11.1 Å². The summed E-state index contributed by atoms with van der Waals surface area (Å²) >= 11 is 6.05. The summed E-state index contributed by atoms with van der Waals surface area (Å²) in [6.07, 6.45) is 7.58. The van der Waals surface area contributed by atoms with Crippen molar-refractivity contribution in [3.05, 3.63) is 82.9 Å². The molecule has 1 heterocycles. The molecular formula is C29H31ClN2O. The number of halogens is 1. The molecule has 0 saturated heterocycles. The van der Waals surface area contributed by atoms with E-state index in [1.165, 1.54) is 54.4 Å². The molecule has 3 aromatic carbocycles. The van der Waals surface area contributed by atoms with Gasteiger partial charge in [-0.1, -0.05) is 61.3 Å². The number of nitrogens with zero attached hydrogens (tertiary/aromatic N) is 1. The number of benzene rings is 3. The molecule has 0 aromatic heterocycles. The van der Waals surface area contributed by atoms with Crippen LogP contribution in [0, 0.1) is 5.92 Å². The number of rotatable bonds is 4. The van der Waals surface area contributed by atoms with Gasteiger partial charge >= 0.3 is 6.03 Å². The monoisotopic (exact) mass is 458 g/mol. The smallest absolute Gasteiger partial charge is 0.307 e. The molecule has 3 aromatic rings. The van der Waals surface area contributed by atoms with E-state index in [2.05, 4.69) is 54.7 Å². The van der Waals surface area contributed by atoms with Crippen LogP contribution < -0.4 is 10.2 Å². The van der Waals surface area contributed by atoms with Gasteiger partial charge in [0.2, 0.25) is 0 Å². The zero-order valence-corrected chi connectivity index (χ0v) is 19.9. The van der Waals surface area contributed by atoms with Crippen molar-refractivity contribution in [1.82, 2.24) is 0 Å². The van der Waals surface area contributed by atoms with Crippen molar-refractivity contribution in [3.63, 3.8) is 0 Å². The van der Waals surface area contributed by atoms with E-state index in [0.717, 1.165) is 18.0 Å². The summed E-state index contributed by atoms with van der Waals surface area (Å²) < 4.78 is 0. The van der Waals surface area contributed by atoms with E-state index in [0.29, 0.717) is 23.2 Å². The minimum Gasteiger partial charge on any atom is -0.307 e. The molecule has 1 saturated carbocycles. The topological polar surface area (TPSA) is 32.3 Å². The number of carbonyl (C=O) groups is 1. The first-order chi connectivity index (χ1) is 16.1. The second kappa shape index (κ2) is 9.61. The van der Waals surface area contributed by atoms with Gasteiger partial charge in [0.05, 0.1) is 0 Å². The Kier molecular flexibility index (Phi) is 6.41. The Bertz CT molecular complexity index is 1130. The number of nitrogens with one attached hydrogen (secondary N) is 1. The second-order valence-corrected chi connectivity index (χ2v) is 9.87. The third-order valence-electron chi connectivity index (χ3n) is 7.44. The normalized spacial score (nSPS) is 19.9. The maximum atomic E-state index is 12.8. The van der Waals surface area contributed by atoms with Gasteiger partial charge in [-0.15, -0.1) is 0 Å². The maximum absolute atomic E-state index is 12.8. The Morgan fingerprint density at radius 1 is 0.970 bits per heavy atom. The molecule has 1 N–H and O–H groups in total. The van der Waals surface area contributed by atoms with Crippen LogP contribution in [0.25, 0.3) is 11.1 Å². The lowest BCUT2D eigenvalue weighted by molar-refractivity contribution is 0.257. The zero-order valence-electron chi connectivity index (χ0n) is 19.2. The van der Waals surface area contributed by atoms with Crippen LogP contribution in [-0.2, 0) is 6.42 Å². The molecule has 2 aliphatic rings. The van der Waals surface area contributed by atoms with E-state index in [-0.39, 0.29) is 6.03 Å². The molecule has 1 fully saturated rings. The van der Waals surface area contributed by atoms with Crippen LogP contribution in [0.2, 0.25) is 5.02 Å². The van der Waals surface area contributed by atoms with E-state index >= 15 is 0 Å². The van der Waals surface area contributed by atoms with E-state index in [1.54, 1.807) is 12.1 Å². The van der Waals surface area contributed by atoms with E-state index < -0.39 is 0 Å². The molecule has 170 valence electrons. The van der Waals surface area contributed by atoms with Gasteiger partial charge in [-0.05, 0) is 96.5 Å². The first kappa shape index (κ1) is 22.0. The lowest BCUT2D eigenvalue weighted by Gasteiger charge is -2.28. The van der Waals surface area contributed by atoms with Crippen LogP contribution in [0.1, 0.15) is 56.1 Å². The average Bonchev–Trinajstić information content (AvgIpc) is 3.28. The number of fused-ring (bicyclic) bond motifs is 1. The Hall–Kier alpha value is -2.78. The lowest BCUT2D eigenvalue weighted by Crippen LogP contribution is -2.33. The third kappa shape index (κ3) is 4.79. The Morgan fingerprint density at radius 3 is 2.45 bits per heavy atom. The Morgan fingerprint density at radius 2 is 1.73 bits per heavy atom. The van der Waals surface area contributed by atoms with Crippen LogP contribution in [-0.4, -0.2) is 12.6 Å². The number of anilines is 2. The molecule has 0 bridgehead atoms. The van der Waals surface area contributed by atoms with Crippen molar-refractivity contribution in [2.24, 2.45) is 5.92 Å². The first-order valence-electron chi connectivity index (χ1n) is 12.2. The fourth-order valence-corrected chi connectivity index (χ4v) is 5.59.